The Balaban J connectivity index is 2.36. The molecule has 0 spiro atoms. The topological polar surface area (TPSA) is 30.5 Å². The van der Waals surface area contributed by atoms with Gasteiger partial charge in [-0.05, 0) is 31.2 Å². The van der Waals surface area contributed by atoms with Crippen LogP contribution in [0.4, 0.5) is 8.78 Å². The lowest BCUT2D eigenvalue weighted by molar-refractivity contribution is -0.127. The van der Waals surface area contributed by atoms with Crippen LogP contribution >= 0.6 is 0 Å². The summed E-state index contributed by atoms with van der Waals surface area (Å²) in [6.07, 6.45) is 1.47. The minimum atomic E-state index is -0.827. The first-order chi connectivity index (χ1) is 10.1. The summed E-state index contributed by atoms with van der Waals surface area (Å²) in [5, 5.41) is 3.37. The van der Waals surface area contributed by atoms with Crippen LogP contribution in [0.1, 0.15) is 38.3 Å². The van der Waals surface area contributed by atoms with Gasteiger partial charge in [0.15, 0.2) is 11.6 Å². The smallest absolute Gasteiger partial charge is 0.159 e. The van der Waals surface area contributed by atoms with Gasteiger partial charge in [0.2, 0.25) is 0 Å². The molecule has 0 saturated carbocycles. The average Bonchev–Trinajstić information content (AvgIpc) is 2.49. The van der Waals surface area contributed by atoms with Gasteiger partial charge >= 0.3 is 0 Å². The van der Waals surface area contributed by atoms with Crippen LogP contribution in [0.3, 0.4) is 0 Å². The summed E-state index contributed by atoms with van der Waals surface area (Å²) >= 11 is 0. The third-order valence-corrected chi connectivity index (χ3v) is 3.98. The highest BCUT2D eigenvalue weighted by Crippen LogP contribution is 2.38. The molecule has 0 aromatic heterocycles. The molecule has 2 rings (SSSR count). The van der Waals surface area contributed by atoms with E-state index >= 15 is 0 Å². The summed E-state index contributed by atoms with van der Waals surface area (Å²) in [5.74, 6) is -1.65. The molecular formula is C16H23F2NO2. The van der Waals surface area contributed by atoms with Crippen molar-refractivity contribution in [3.05, 3.63) is 35.4 Å². The first-order valence-corrected chi connectivity index (χ1v) is 7.53. The van der Waals surface area contributed by atoms with Gasteiger partial charge in [0.05, 0.1) is 11.6 Å². The Bertz CT molecular complexity index is 456. The highest BCUT2D eigenvalue weighted by molar-refractivity contribution is 5.25. The van der Waals surface area contributed by atoms with E-state index in [1.165, 1.54) is 12.1 Å². The van der Waals surface area contributed by atoms with Gasteiger partial charge in [-0.1, -0.05) is 13.0 Å². The predicted octanol–water partition coefficient (Wildman–Crippen LogP) is 3.20. The molecule has 21 heavy (non-hydrogen) atoms. The van der Waals surface area contributed by atoms with Crippen molar-refractivity contribution in [1.29, 1.82) is 0 Å². The van der Waals surface area contributed by atoms with Crippen molar-refractivity contribution in [2.24, 2.45) is 0 Å². The fraction of sp³-hybridized carbons (Fsp3) is 0.625. The molecule has 1 aromatic rings. The van der Waals surface area contributed by atoms with Crippen molar-refractivity contribution < 1.29 is 18.3 Å². The number of benzene rings is 1. The second-order valence-corrected chi connectivity index (χ2v) is 5.27. The molecule has 5 heteroatoms. The number of hydrogen-bond donors (Lipinski definition) is 1. The Kier molecular flexibility index (Phi) is 5.67. The van der Waals surface area contributed by atoms with E-state index in [2.05, 4.69) is 5.32 Å². The predicted molar refractivity (Wildman–Crippen MR) is 77.2 cm³/mol. The van der Waals surface area contributed by atoms with Gasteiger partial charge in [0.1, 0.15) is 0 Å². The number of ether oxygens (including phenoxy) is 2. The number of rotatable bonds is 6. The summed E-state index contributed by atoms with van der Waals surface area (Å²) in [6.45, 7) is 6.47. The SMILES string of the molecule is CCNC(c1ccc(F)c(F)c1)C1(OCC)CCOCC1. The van der Waals surface area contributed by atoms with E-state index in [1.54, 1.807) is 6.07 Å². The molecule has 1 aliphatic rings. The lowest BCUT2D eigenvalue weighted by Gasteiger charge is -2.43. The van der Waals surface area contributed by atoms with Gasteiger partial charge in [-0.2, -0.15) is 0 Å². The molecule has 0 radical (unpaired) electrons. The average molecular weight is 299 g/mol. The zero-order chi connectivity index (χ0) is 15.3. The lowest BCUT2D eigenvalue weighted by Crippen LogP contribution is -2.50. The molecule has 0 bridgehead atoms. The molecule has 1 aliphatic heterocycles. The van der Waals surface area contributed by atoms with Gasteiger partial charge < -0.3 is 14.8 Å². The van der Waals surface area contributed by atoms with Crippen LogP contribution in [0.25, 0.3) is 0 Å². The molecular weight excluding hydrogens is 276 g/mol. The van der Waals surface area contributed by atoms with Crippen molar-refractivity contribution in [3.63, 3.8) is 0 Å². The summed E-state index contributed by atoms with van der Waals surface area (Å²) in [7, 11) is 0. The molecule has 118 valence electrons. The van der Waals surface area contributed by atoms with Crippen LogP contribution in [0.15, 0.2) is 18.2 Å². The second-order valence-electron chi connectivity index (χ2n) is 5.27. The monoisotopic (exact) mass is 299 g/mol. The van der Waals surface area contributed by atoms with Crippen molar-refractivity contribution in [2.45, 2.75) is 38.3 Å². The van der Waals surface area contributed by atoms with Crippen LogP contribution in [0.2, 0.25) is 0 Å². The quantitative estimate of drug-likeness (QED) is 0.875. The van der Waals surface area contributed by atoms with Crippen molar-refractivity contribution in [1.82, 2.24) is 5.32 Å². The van der Waals surface area contributed by atoms with E-state index in [1.807, 2.05) is 13.8 Å². The standard InChI is InChI=1S/C16H23F2NO2/c1-3-19-15(12-5-6-13(17)14(18)11-12)16(21-4-2)7-9-20-10-8-16/h5-6,11,15,19H,3-4,7-10H2,1-2H3. The Morgan fingerprint density at radius 3 is 2.52 bits per heavy atom. The van der Waals surface area contributed by atoms with E-state index in [9.17, 15) is 8.78 Å². The molecule has 1 saturated heterocycles. The molecule has 0 amide bonds. The van der Waals surface area contributed by atoms with E-state index in [-0.39, 0.29) is 6.04 Å². The lowest BCUT2D eigenvalue weighted by atomic mass is 9.82. The Hall–Kier alpha value is -1.04. The van der Waals surface area contributed by atoms with E-state index in [4.69, 9.17) is 9.47 Å². The summed E-state index contributed by atoms with van der Waals surface area (Å²) < 4.78 is 38.3. The first kappa shape index (κ1) is 16.3. The third-order valence-electron chi connectivity index (χ3n) is 3.98. The highest BCUT2D eigenvalue weighted by Gasteiger charge is 2.41. The van der Waals surface area contributed by atoms with Gasteiger partial charge in [0, 0.05) is 32.7 Å². The Morgan fingerprint density at radius 1 is 1.24 bits per heavy atom. The summed E-state index contributed by atoms with van der Waals surface area (Å²) in [5.41, 5.74) is 0.277. The number of halogens is 2. The van der Waals surface area contributed by atoms with Crippen LogP contribution in [-0.4, -0.2) is 32.0 Å². The molecule has 1 heterocycles. The van der Waals surface area contributed by atoms with Gasteiger partial charge in [-0.3, -0.25) is 0 Å². The Labute approximate surface area is 124 Å². The van der Waals surface area contributed by atoms with Crippen LogP contribution in [-0.2, 0) is 9.47 Å². The maximum atomic E-state index is 13.6. The summed E-state index contributed by atoms with van der Waals surface area (Å²) in [6, 6.07) is 3.89. The van der Waals surface area contributed by atoms with Gasteiger partial charge in [-0.15, -0.1) is 0 Å². The first-order valence-electron chi connectivity index (χ1n) is 7.53. The number of nitrogens with one attached hydrogen (secondary N) is 1. The molecule has 1 N–H and O–H groups in total. The van der Waals surface area contributed by atoms with Crippen LogP contribution < -0.4 is 5.32 Å². The second kappa shape index (κ2) is 7.29. The summed E-state index contributed by atoms with van der Waals surface area (Å²) in [4.78, 5) is 0. The fourth-order valence-corrected chi connectivity index (χ4v) is 3.02. The number of hydrogen-bond acceptors (Lipinski definition) is 3. The van der Waals surface area contributed by atoms with Crippen molar-refractivity contribution in [3.8, 4) is 0 Å². The zero-order valence-electron chi connectivity index (χ0n) is 12.6. The minimum absolute atomic E-state index is 0.179. The van der Waals surface area contributed by atoms with Crippen LogP contribution in [0, 0.1) is 11.6 Å². The molecule has 1 fully saturated rings. The molecule has 3 nitrogen and oxygen atoms in total. The maximum Gasteiger partial charge on any atom is 0.159 e. The van der Waals surface area contributed by atoms with Crippen LogP contribution in [0.5, 0.6) is 0 Å². The largest absolute Gasteiger partial charge is 0.381 e. The van der Waals surface area contributed by atoms with E-state index in [0.717, 1.165) is 19.4 Å². The van der Waals surface area contributed by atoms with Crippen molar-refractivity contribution >= 4 is 0 Å². The molecule has 1 atom stereocenters. The zero-order valence-corrected chi connectivity index (χ0v) is 12.6. The Morgan fingerprint density at radius 2 is 1.95 bits per heavy atom. The minimum Gasteiger partial charge on any atom is -0.381 e. The van der Waals surface area contributed by atoms with Gasteiger partial charge in [0.25, 0.3) is 0 Å². The molecule has 0 aliphatic carbocycles. The third kappa shape index (κ3) is 3.59. The van der Waals surface area contributed by atoms with E-state index in [0.29, 0.717) is 25.4 Å². The maximum absolute atomic E-state index is 13.6. The van der Waals surface area contributed by atoms with E-state index < -0.39 is 17.2 Å². The molecule has 1 aromatic carbocycles. The van der Waals surface area contributed by atoms with Gasteiger partial charge in [-0.25, -0.2) is 8.78 Å². The van der Waals surface area contributed by atoms with Crippen molar-refractivity contribution in [2.75, 3.05) is 26.4 Å². The molecule has 1 unspecified atom stereocenters. The fourth-order valence-electron chi connectivity index (χ4n) is 3.02. The number of likely N-dealkylation sites (N-methyl/N-ethyl adjacent to an activating group) is 1. The highest BCUT2D eigenvalue weighted by atomic mass is 19.2. The normalized spacial score (nSPS) is 19.4.